The summed E-state index contributed by atoms with van der Waals surface area (Å²) in [5.74, 6) is 0.691. The van der Waals surface area contributed by atoms with Crippen LogP contribution in [0.15, 0.2) is 12.3 Å². The topological polar surface area (TPSA) is 68.4 Å². The third-order valence-corrected chi connectivity index (χ3v) is 3.72. The van der Waals surface area contributed by atoms with E-state index in [1.807, 2.05) is 0 Å². The summed E-state index contributed by atoms with van der Waals surface area (Å²) in [6.07, 6.45) is 2.56. The van der Waals surface area contributed by atoms with Gasteiger partial charge in [-0.25, -0.2) is 4.98 Å². The minimum absolute atomic E-state index is 0.0298. The molecule has 2 heterocycles. The van der Waals surface area contributed by atoms with Crippen molar-refractivity contribution in [3.05, 3.63) is 22.8 Å². The van der Waals surface area contributed by atoms with Crippen molar-refractivity contribution in [2.24, 2.45) is 5.92 Å². The van der Waals surface area contributed by atoms with Gasteiger partial charge >= 0.3 is 0 Å². The number of rotatable bonds is 2. The van der Waals surface area contributed by atoms with Crippen LogP contribution in [-0.4, -0.2) is 22.8 Å². The summed E-state index contributed by atoms with van der Waals surface area (Å²) < 4.78 is 5.67. The number of ether oxygens (including phenoxy) is 1. The molecule has 1 aliphatic heterocycles. The highest BCUT2D eigenvalue weighted by Crippen LogP contribution is 2.39. The predicted octanol–water partition coefficient (Wildman–Crippen LogP) is 2.34. The Labute approximate surface area is 112 Å². The molecule has 0 aliphatic carbocycles. The molecule has 0 radical (unpaired) electrons. The first-order valence-corrected chi connectivity index (χ1v) is 6.55. The van der Waals surface area contributed by atoms with E-state index in [1.165, 1.54) is 6.20 Å². The quantitative estimate of drug-likeness (QED) is 0.866. The zero-order valence-corrected chi connectivity index (χ0v) is 11.4. The van der Waals surface area contributed by atoms with Crippen molar-refractivity contribution >= 4 is 17.4 Å². The van der Waals surface area contributed by atoms with Crippen molar-refractivity contribution in [1.82, 2.24) is 4.98 Å². The van der Waals surface area contributed by atoms with Gasteiger partial charge in [0.2, 0.25) is 0 Å². The molecule has 0 aromatic carbocycles. The summed E-state index contributed by atoms with van der Waals surface area (Å²) in [4.78, 5) is 4.01. The highest BCUT2D eigenvalue weighted by Gasteiger charge is 2.39. The Hall–Kier alpha value is -0.840. The standard InChI is InChI=1S/C13H19ClN2O2/c1-8(2)11-6-13(17,3-4-18-11)10-5-9(14)7-16-12(10)15/h5,7-8,11,17H,3-4,6H2,1-2H3,(H2,15,16). The third kappa shape index (κ3) is 2.60. The zero-order valence-electron chi connectivity index (χ0n) is 10.7. The molecule has 2 rings (SSSR count). The Morgan fingerprint density at radius 1 is 1.61 bits per heavy atom. The molecular formula is C13H19ClN2O2. The van der Waals surface area contributed by atoms with E-state index >= 15 is 0 Å². The lowest BCUT2D eigenvalue weighted by Gasteiger charge is -2.39. The highest BCUT2D eigenvalue weighted by atomic mass is 35.5. The maximum absolute atomic E-state index is 10.8. The molecule has 1 saturated heterocycles. The van der Waals surface area contributed by atoms with Crippen molar-refractivity contribution in [2.45, 2.75) is 38.4 Å². The number of hydrogen-bond acceptors (Lipinski definition) is 4. The first-order chi connectivity index (χ1) is 8.42. The van der Waals surface area contributed by atoms with Crippen LogP contribution in [0.3, 0.4) is 0 Å². The van der Waals surface area contributed by atoms with Gasteiger partial charge in [-0.15, -0.1) is 0 Å². The second-order valence-corrected chi connectivity index (χ2v) is 5.66. The fourth-order valence-electron chi connectivity index (χ4n) is 2.37. The van der Waals surface area contributed by atoms with Crippen molar-refractivity contribution in [3.63, 3.8) is 0 Å². The molecule has 2 unspecified atom stereocenters. The largest absolute Gasteiger partial charge is 0.385 e. The van der Waals surface area contributed by atoms with Gasteiger partial charge in [-0.2, -0.15) is 0 Å². The number of anilines is 1. The number of aromatic nitrogens is 1. The molecule has 0 bridgehead atoms. The fraction of sp³-hybridized carbons (Fsp3) is 0.615. The number of aliphatic hydroxyl groups is 1. The van der Waals surface area contributed by atoms with Crippen LogP contribution in [0.1, 0.15) is 32.3 Å². The number of nitrogens with zero attached hydrogens (tertiary/aromatic N) is 1. The zero-order chi connectivity index (χ0) is 13.3. The summed E-state index contributed by atoms with van der Waals surface area (Å²) in [6.45, 7) is 4.68. The molecule has 1 aromatic rings. The van der Waals surface area contributed by atoms with Crippen LogP contribution < -0.4 is 5.73 Å². The first kappa shape index (κ1) is 13.6. The van der Waals surface area contributed by atoms with Crippen LogP contribution in [-0.2, 0) is 10.3 Å². The summed E-state index contributed by atoms with van der Waals surface area (Å²) in [5.41, 5.74) is 5.48. The average molecular weight is 271 g/mol. The molecule has 0 amide bonds. The lowest BCUT2D eigenvalue weighted by molar-refractivity contribution is -0.121. The van der Waals surface area contributed by atoms with Gasteiger partial charge in [0.25, 0.3) is 0 Å². The highest BCUT2D eigenvalue weighted by molar-refractivity contribution is 6.30. The van der Waals surface area contributed by atoms with Gasteiger partial charge in [-0.1, -0.05) is 25.4 Å². The number of nitrogens with two attached hydrogens (primary N) is 1. The van der Waals surface area contributed by atoms with Crippen LogP contribution in [0, 0.1) is 5.92 Å². The third-order valence-electron chi connectivity index (χ3n) is 3.52. The summed E-state index contributed by atoms with van der Waals surface area (Å²) >= 11 is 5.94. The van der Waals surface area contributed by atoms with E-state index in [4.69, 9.17) is 22.1 Å². The molecule has 4 nitrogen and oxygen atoms in total. The van der Waals surface area contributed by atoms with Gasteiger partial charge < -0.3 is 15.6 Å². The summed E-state index contributed by atoms with van der Waals surface area (Å²) in [6, 6.07) is 1.70. The average Bonchev–Trinajstić information content (AvgIpc) is 2.32. The number of nitrogen functional groups attached to an aromatic ring is 1. The smallest absolute Gasteiger partial charge is 0.129 e. The van der Waals surface area contributed by atoms with Crippen molar-refractivity contribution in [3.8, 4) is 0 Å². The molecule has 1 aliphatic rings. The molecule has 3 N–H and O–H groups in total. The van der Waals surface area contributed by atoms with E-state index in [2.05, 4.69) is 18.8 Å². The molecule has 1 fully saturated rings. The van der Waals surface area contributed by atoms with Crippen molar-refractivity contribution in [1.29, 1.82) is 0 Å². The normalized spacial score (nSPS) is 28.6. The Balaban J connectivity index is 2.32. The number of halogens is 1. The van der Waals surface area contributed by atoms with Crippen LogP contribution in [0.5, 0.6) is 0 Å². The van der Waals surface area contributed by atoms with Crippen LogP contribution in [0.2, 0.25) is 5.02 Å². The monoisotopic (exact) mass is 270 g/mol. The Morgan fingerprint density at radius 2 is 2.33 bits per heavy atom. The van der Waals surface area contributed by atoms with E-state index in [-0.39, 0.29) is 6.10 Å². The van der Waals surface area contributed by atoms with E-state index < -0.39 is 5.60 Å². The SMILES string of the molecule is CC(C)C1CC(O)(c2cc(Cl)cnc2N)CCO1. The predicted molar refractivity (Wildman–Crippen MR) is 71.4 cm³/mol. The molecule has 0 spiro atoms. The van der Waals surface area contributed by atoms with E-state index in [9.17, 15) is 5.11 Å². The molecular weight excluding hydrogens is 252 g/mol. The number of pyridine rings is 1. The Morgan fingerprint density at radius 3 is 3.00 bits per heavy atom. The molecule has 0 saturated carbocycles. The Kier molecular flexibility index (Phi) is 3.80. The van der Waals surface area contributed by atoms with Gasteiger partial charge in [-0.05, 0) is 12.0 Å². The van der Waals surface area contributed by atoms with Crippen LogP contribution >= 0.6 is 11.6 Å². The maximum atomic E-state index is 10.8. The Bertz CT molecular complexity index is 439. The van der Waals surface area contributed by atoms with E-state index in [0.717, 1.165) is 0 Å². The number of hydrogen-bond donors (Lipinski definition) is 2. The minimum atomic E-state index is -0.991. The van der Waals surface area contributed by atoms with Crippen LogP contribution in [0.4, 0.5) is 5.82 Å². The molecule has 18 heavy (non-hydrogen) atoms. The van der Waals surface area contributed by atoms with Gasteiger partial charge in [0, 0.05) is 24.6 Å². The summed E-state index contributed by atoms with van der Waals surface area (Å²) in [5, 5.41) is 11.3. The van der Waals surface area contributed by atoms with Gasteiger partial charge in [0.05, 0.1) is 23.3 Å². The fourth-order valence-corrected chi connectivity index (χ4v) is 2.53. The lowest BCUT2D eigenvalue weighted by Crippen LogP contribution is -2.41. The second-order valence-electron chi connectivity index (χ2n) is 5.23. The van der Waals surface area contributed by atoms with Gasteiger partial charge in [0.1, 0.15) is 5.82 Å². The van der Waals surface area contributed by atoms with Crippen molar-refractivity contribution in [2.75, 3.05) is 12.3 Å². The molecule has 1 aromatic heterocycles. The van der Waals surface area contributed by atoms with Gasteiger partial charge in [0.15, 0.2) is 0 Å². The lowest BCUT2D eigenvalue weighted by atomic mass is 9.81. The van der Waals surface area contributed by atoms with Crippen LogP contribution in [0.25, 0.3) is 0 Å². The molecule has 2 atom stereocenters. The molecule has 100 valence electrons. The minimum Gasteiger partial charge on any atom is -0.385 e. The van der Waals surface area contributed by atoms with Crippen molar-refractivity contribution < 1.29 is 9.84 Å². The molecule has 5 heteroatoms. The second kappa shape index (κ2) is 5.03. The van der Waals surface area contributed by atoms with E-state index in [0.29, 0.717) is 41.8 Å². The maximum Gasteiger partial charge on any atom is 0.129 e. The first-order valence-electron chi connectivity index (χ1n) is 6.18. The van der Waals surface area contributed by atoms with E-state index in [1.54, 1.807) is 6.07 Å². The van der Waals surface area contributed by atoms with Gasteiger partial charge in [-0.3, -0.25) is 0 Å². The summed E-state index contributed by atoms with van der Waals surface area (Å²) in [7, 11) is 0.